The highest BCUT2D eigenvalue weighted by atomic mass is 16.5. The zero-order chi connectivity index (χ0) is 11.5. The Kier molecular flexibility index (Phi) is 2.99. The number of ether oxygens (including phenoxy) is 1. The first-order valence-corrected chi connectivity index (χ1v) is 5.43. The molecule has 1 aliphatic heterocycles. The van der Waals surface area contributed by atoms with Crippen molar-refractivity contribution in [3.63, 3.8) is 0 Å². The largest absolute Gasteiger partial charge is 0.492 e. The Hall–Kier alpha value is -1.71. The topological polar surface area (TPSA) is 58.6 Å². The van der Waals surface area contributed by atoms with Gasteiger partial charge in [0.05, 0.1) is 18.7 Å². The van der Waals surface area contributed by atoms with Crippen molar-refractivity contribution >= 4 is 11.7 Å². The average molecular weight is 221 g/mol. The van der Waals surface area contributed by atoms with Gasteiger partial charge in [-0.25, -0.2) is 0 Å². The first kappa shape index (κ1) is 10.8. The van der Waals surface area contributed by atoms with Gasteiger partial charge >= 0.3 is 5.97 Å². The lowest BCUT2D eigenvalue weighted by Gasteiger charge is -2.09. The van der Waals surface area contributed by atoms with Crippen LogP contribution >= 0.6 is 0 Å². The van der Waals surface area contributed by atoms with Crippen LogP contribution in [0.1, 0.15) is 24.8 Å². The molecule has 0 spiro atoms. The summed E-state index contributed by atoms with van der Waals surface area (Å²) in [6.07, 6.45) is 0.162. The predicted molar refractivity (Wildman–Crippen MR) is 61.1 cm³/mol. The number of carboxylic acids is 1. The van der Waals surface area contributed by atoms with Gasteiger partial charge in [0.25, 0.3) is 0 Å². The molecule has 1 aromatic rings. The molecule has 0 bridgehead atoms. The van der Waals surface area contributed by atoms with Gasteiger partial charge in [-0.05, 0) is 18.6 Å². The SMILES string of the molecule is CCOc1cccc2c1NCC2CC(=O)O. The highest BCUT2D eigenvalue weighted by molar-refractivity contribution is 5.73. The Morgan fingerprint density at radius 3 is 3.12 bits per heavy atom. The van der Waals surface area contributed by atoms with Crippen LogP contribution in [0.3, 0.4) is 0 Å². The normalized spacial score (nSPS) is 17.7. The molecule has 0 amide bonds. The quantitative estimate of drug-likeness (QED) is 0.817. The van der Waals surface area contributed by atoms with Crippen LogP contribution in [0.25, 0.3) is 0 Å². The third-order valence-corrected chi connectivity index (χ3v) is 2.74. The Morgan fingerprint density at radius 1 is 1.62 bits per heavy atom. The third kappa shape index (κ3) is 1.96. The fourth-order valence-electron chi connectivity index (χ4n) is 2.08. The second-order valence-corrected chi connectivity index (χ2v) is 3.83. The molecule has 4 heteroatoms. The zero-order valence-corrected chi connectivity index (χ0v) is 9.19. The van der Waals surface area contributed by atoms with E-state index in [1.807, 2.05) is 25.1 Å². The number of carboxylic acid groups (broad SMARTS) is 1. The average Bonchev–Trinajstić information content (AvgIpc) is 2.63. The standard InChI is InChI=1S/C12H15NO3/c1-2-16-10-5-3-4-9-8(6-11(14)15)7-13-12(9)10/h3-5,8,13H,2,6-7H2,1H3,(H,14,15). The van der Waals surface area contributed by atoms with E-state index >= 15 is 0 Å². The van der Waals surface area contributed by atoms with Crippen LogP contribution in [0.4, 0.5) is 5.69 Å². The Labute approximate surface area is 94.2 Å². The minimum absolute atomic E-state index is 0.0490. The van der Waals surface area contributed by atoms with E-state index < -0.39 is 5.97 Å². The van der Waals surface area contributed by atoms with E-state index in [0.717, 1.165) is 17.0 Å². The van der Waals surface area contributed by atoms with Crippen molar-refractivity contribution in [3.05, 3.63) is 23.8 Å². The number of rotatable bonds is 4. The van der Waals surface area contributed by atoms with Gasteiger partial charge in [-0.15, -0.1) is 0 Å². The van der Waals surface area contributed by atoms with E-state index in [2.05, 4.69) is 5.32 Å². The molecule has 1 aromatic carbocycles. The summed E-state index contributed by atoms with van der Waals surface area (Å²) >= 11 is 0. The molecule has 2 N–H and O–H groups in total. The zero-order valence-electron chi connectivity index (χ0n) is 9.19. The molecule has 0 aromatic heterocycles. The summed E-state index contributed by atoms with van der Waals surface area (Å²) < 4.78 is 5.49. The number of carbonyl (C=O) groups is 1. The number of hydrogen-bond acceptors (Lipinski definition) is 3. The summed E-state index contributed by atoms with van der Waals surface area (Å²) in [4.78, 5) is 10.7. The number of benzene rings is 1. The molecule has 1 unspecified atom stereocenters. The monoisotopic (exact) mass is 221 g/mol. The molecule has 4 nitrogen and oxygen atoms in total. The van der Waals surface area contributed by atoms with Gasteiger partial charge < -0.3 is 15.2 Å². The van der Waals surface area contributed by atoms with Crippen molar-refractivity contribution in [2.75, 3.05) is 18.5 Å². The number of nitrogens with one attached hydrogen (secondary N) is 1. The van der Waals surface area contributed by atoms with Gasteiger partial charge in [-0.1, -0.05) is 12.1 Å². The van der Waals surface area contributed by atoms with Crippen LogP contribution in [0.2, 0.25) is 0 Å². The van der Waals surface area contributed by atoms with Crippen LogP contribution in [0.5, 0.6) is 5.75 Å². The molecule has 0 radical (unpaired) electrons. The molecule has 0 fully saturated rings. The summed E-state index contributed by atoms with van der Waals surface area (Å²) in [5.41, 5.74) is 2.00. The summed E-state index contributed by atoms with van der Waals surface area (Å²) in [6.45, 7) is 3.22. The third-order valence-electron chi connectivity index (χ3n) is 2.74. The second-order valence-electron chi connectivity index (χ2n) is 3.83. The molecule has 2 rings (SSSR count). The molecule has 1 aliphatic rings. The number of hydrogen-bond donors (Lipinski definition) is 2. The smallest absolute Gasteiger partial charge is 0.304 e. The van der Waals surface area contributed by atoms with E-state index in [1.54, 1.807) is 0 Å². The van der Waals surface area contributed by atoms with Crippen LogP contribution in [-0.2, 0) is 4.79 Å². The van der Waals surface area contributed by atoms with Crippen LogP contribution in [0, 0.1) is 0 Å². The highest BCUT2D eigenvalue weighted by Gasteiger charge is 2.26. The van der Waals surface area contributed by atoms with E-state index in [9.17, 15) is 4.79 Å². The Bertz CT molecular complexity index is 403. The molecule has 1 atom stereocenters. The fourth-order valence-corrected chi connectivity index (χ4v) is 2.08. The molecule has 1 heterocycles. The van der Waals surface area contributed by atoms with E-state index in [4.69, 9.17) is 9.84 Å². The molecular weight excluding hydrogens is 206 g/mol. The van der Waals surface area contributed by atoms with Crippen molar-refractivity contribution in [2.24, 2.45) is 0 Å². The second kappa shape index (κ2) is 4.43. The number of anilines is 1. The van der Waals surface area contributed by atoms with E-state index in [1.165, 1.54) is 0 Å². The summed E-state index contributed by atoms with van der Waals surface area (Å²) in [5.74, 6) is 0.0993. The van der Waals surface area contributed by atoms with Gasteiger partial charge in [0.2, 0.25) is 0 Å². The van der Waals surface area contributed by atoms with Crippen LogP contribution < -0.4 is 10.1 Å². The molecule has 86 valence electrons. The summed E-state index contributed by atoms with van der Waals surface area (Å²) in [5, 5.41) is 12.0. The molecular formula is C12H15NO3. The van der Waals surface area contributed by atoms with Crippen LogP contribution in [-0.4, -0.2) is 24.2 Å². The maximum absolute atomic E-state index is 10.7. The maximum Gasteiger partial charge on any atom is 0.304 e. The van der Waals surface area contributed by atoms with Crippen molar-refractivity contribution in [1.29, 1.82) is 0 Å². The maximum atomic E-state index is 10.7. The molecule has 0 aliphatic carbocycles. The predicted octanol–water partition coefficient (Wildman–Crippen LogP) is 2.07. The van der Waals surface area contributed by atoms with Crippen molar-refractivity contribution in [3.8, 4) is 5.75 Å². The van der Waals surface area contributed by atoms with Crippen molar-refractivity contribution in [2.45, 2.75) is 19.3 Å². The lowest BCUT2D eigenvalue weighted by molar-refractivity contribution is -0.137. The lowest BCUT2D eigenvalue weighted by Crippen LogP contribution is -2.07. The fraction of sp³-hybridized carbons (Fsp3) is 0.417. The molecule has 16 heavy (non-hydrogen) atoms. The van der Waals surface area contributed by atoms with Crippen molar-refractivity contribution in [1.82, 2.24) is 0 Å². The van der Waals surface area contributed by atoms with Crippen LogP contribution in [0.15, 0.2) is 18.2 Å². The van der Waals surface area contributed by atoms with Gasteiger partial charge in [0.15, 0.2) is 0 Å². The van der Waals surface area contributed by atoms with E-state index in [0.29, 0.717) is 13.2 Å². The van der Waals surface area contributed by atoms with Gasteiger partial charge in [-0.2, -0.15) is 0 Å². The Balaban J connectivity index is 2.26. The summed E-state index contributed by atoms with van der Waals surface area (Å²) in [6, 6.07) is 5.77. The highest BCUT2D eigenvalue weighted by Crippen LogP contribution is 2.39. The van der Waals surface area contributed by atoms with Gasteiger partial charge in [0.1, 0.15) is 5.75 Å². The minimum atomic E-state index is -0.763. The lowest BCUT2D eigenvalue weighted by atomic mass is 9.98. The minimum Gasteiger partial charge on any atom is -0.492 e. The van der Waals surface area contributed by atoms with Gasteiger partial charge in [-0.3, -0.25) is 4.79 Å². The number of fused-ring (bicyclic) bond motifs is 1. The number of aliphatic carboxylic acids is 1. The number of para-hydroxylation sites is 1. The van der Waals surface area contributed by atoms with E-state index in [-0.39, 0.29) is 12.3 Å². The first-order valence-electron chi connectivity index (χ1n) is 5.43. The summed E-state index contributed by atoms with van der Waals surface area (Å²) in [7, 11) is 0. The molecule has 0 saturated heterocycles. The molecule has 0 saturated carbocycles. The first-order chi connectivity index (χ1) is 7.72. The van der Waals surface area contributed by atoms with Crippen molar-refractivity contribution < 1.29 is 14.6 Å². The van der Waals surface area contributed by atoms with Gasteiger partial charge in [0, 0.05) is 12.5 Å². The Morgan fingerprint density at radius 2 is 2.44 bits per heavy atom.